The minimum absolute atomic E-state index is 0.192. The summed E-state index contributed by atoms with van der Waals surface area (Å²) in [6.07, 6.45) is 6.70. The van der Waals surface area contributed by atoms with Crippen LogP contribution in [0.5, 0.6) is 11.5 Å². The molecule has 0 aliphatic heterocycles. The number of amides is 1. The fourth-order valence-electron chi connectivity index (χ4n) is 3.40. The molecule has 0 radical (unpaired) electrons. The van der Waals surface area contributed by atoms with Crippen molar-refractivity contribution in [3.63, 3.8) is 0 Å². The van der Waals surface area contributed by atoms with Crippen molar-refractivity contribution in [2.24, 2.45) is 0 Å². The van der Waals surface area contributed by atoms with E-state index in [0.717, 1.165) is 31.2 Å². The minimum atomic E-state index is -0.574. The fourth-order valence-corrected chi connectivity index (χ4v) is 3.40. The molecule has 1 N–H and O–H groups in total. The quantitative estimate of drug-likeness (QED) is 0.498. The summed E-state index contributed by atoms with van der Waals surface area (Å²) in [7, 11) is 0. The van der Waals surface area contributed by atoms with Crippen molar-refractivity contribution in [2.75, 3.05) is 13.2 Å². The van der Waals surface area contributed by atoms with E-state index in [1.165, 1.54) is 12.8 Å². The van der Waals surface area contributed by atoms with E-state index in [0.29, 0.717) is 18.1 Å². The lowest BCUT2D eigenvalue weighted by Crippen LogP contribution is -2.37. The summed E-state index contributed by atoms with van der Waals surface area (Å²) in [5, 5.41) is 2.95. The number of hydrogen-bond donors (Lipinski definition) is 1. The average molecular weight is 411 g/mol. The summed E-state index contributed by atoms with van der Waals surface area (Å²) in [4.78, 5) is 23.8. The Balaban J connectivity index is 1.32. The van der Waals surface area contributed by atoms with Gasteiger partial charge in [0.15, 0.2) is 13.2 Å². The van der Waals surface area contributed by atoms with Crippen LogP contribution in [0.4, 0.5) is 0 Å². The SMILES string of the molecule is O=C(COC(=O)COc1ccc(OCc2ccccc2)cc1)NC1CCCCCC1. The normalized spacial score (nSPS) is 14.4. The third-order valence-corrected chi connectivity index (χ3v) is 5.01. The van der Waals surface area contributed by atoms with Gasteiger partial charge in [0, 0.05) is 6.04 Å². The van der Waals surface area contributed by atoms with E-state index >= 15 is 0 Å². The summed E-state index contributed by atoms with van der Waals surface area (Å²) >= 11 is 0. The second-order valence-corrected chi connectivity index (χ2v) is 7.45. The highest BCUT2D eigenvalue weighted by Gasteiger charge is 2.16. The number of hydrogen-bond acceptors (Lipinski definition) is 5. The molecule has 2 aromatic rings. The molecular weight excluding hydrogens is 382 g/mol. The van der Waals surface area contributed by atoms with Crippen LogP contribution in [-0.2, 0) is 20.9 Å². The zero-order chi connectivity index (χ0) is 21.0. The molecule has 0 heterocycles. The lowest BCUT2D eigenvalue weighted by atomic mass is 10.1. The molecule has 0 bridgehead atoms. The molecule has 3 rings (SSSR count). The summed E-state index contributed by atoms with van der Waals surface area (Å²) in [5.74, 6) is 0.413. The molecule has 6 nitrogen and oxygen atoms in total. The zero-order valence-corrected chi connectivity index (χ0v) is 17.2. The molecule has 160 valence electrons. The van der Waals surface area contributed by atoms with Crippen LogP contribution in [0.3, 0.4) is 0 Å². The van der Waals surface area contributed by atoms with Crippen molar-refractivity contribution in [3.05, 3.63) is 60.2 Å². The number of carbonyl (C=O) groups excluding carboxylic acids is 2. The highest BCUT2D eigenvalue weighted by Crippen LogP contribution is 2.19. The number of esters is 1. The Morgan fingerprint density at radius 3 is 2.10 bits per heavy atom. The summed E-state index contributed by atoms with van der Waals surface area (Å²) < 4.78 is 16.1. The second-order valence-electron chi connectivity index (χ2n) is 7.45. The predicted molar refractivity (Wildman–Crippen MR) is 113 cm³/mol. The monoisotopic (exact) mass is 411 g/mol. The van der Waals surface area contributed by atoms with E-state index in [-0.39, 0.29) is 25.2 Å². The van der Waals surface area contributed by atoms with Gasteiger partial charge >= 0.3 is 5.97 Å². The summed E-state index contributed by atoms with van der Waals surface area (Å²) in [6.45, 7) is -0.0395. The van der Waals surface area contributed by atoms with Gasteiger partial charge in [0.05, 0.1) is 0 Å². The van der Waals surface area contributed by atoms with E-state index in [2.05, 4.69) is 5.32 Å². The van der Waals surface area contributed by atoms with Crippen LogP contribution >= 0.6 is 0 Å². The van der Waals surface area contributed by atoms with Crippen LogP contribution in [0.2, 0.25) is 0 Å². The van der Waals surface area contributed by atoms with Crippen LogP contribution in [0.1, 0.15) is 44.1 Å². The van der Waals surface area contributed by atoms with E-state index in [9.17, 15) is 9.59 Å². The van der Waals surface area contributed by atoms with E-state index in [1.54, 1.807) is 24.3 Å². The molecule has 1 amide bonds. The maximum Gasteiger partial charge on any atom is 0.344 e. The van der Waals surface area contributed by atoms with Gasteiger partial charge in [-0.05, 0) is 42.7 Å². The van der Waals surface area contributed by atoms with E-state index in [1.807, 2.05) is 30.3 Å². The maximum absolute atomic E-state index is 12.0. The average Bonchev–Trinajstić information content (AvgIpc) is 3.05. The lowest BCUT2D eigenvalue weighted by molar-refractivity contribution is -0.150. The van der Waals surface area contributed by atoms with Crippen molar-refractivity contribution < 1.29 is 23.8 Å². The molecule has 0 unspecified atom stereocenters. The number of ether oxygens (including phenoxy) is 3. The van der Waals surface area contributed by atoms with Crippen molar-refractivity contribution in [1.29, 1.82) is 0 Å². The van der Waals surface area contributed by atoms with Gasteiger partial charge in [0.2, 0.25) is 0 Å². The molecule has 0 saturated heterocycles. The highest BCUT2D eigenvalue weighted by molar-refractivity contribution is 5.81. The Morgan fingerprint density at radius 1 is 0.800 bits per heavy atom. The third-order valence-electron chi connectivity index (χ3n) is 5.01. The van der Waals surface area contributed by atoms with Gasteiger partial charge in [0.1, 0.15) is 18.1 Å². The molecule has 0 aromatic heterocycles. The van der Waals surface area contributed by atoms with Gasteiger partial charge in [-0.25, -0.2) is 4.79 Å². The van der Waals surface area contributed by atoms with Gasteiger partial charge in [-0.2, -0.15) is 0 Å². The van der Waals surface area contributed by atoms with Crippen LogP contribution in [0.25, 0.3) is 0 Å². The zero-order valence-electron chi connectivity index (χ0n) is 17.2. The topological polar surface area (TPSA) is 73.9 Å². The van der Waals surface area contributed by atoms with Gasteiger partial charge in [-0.3, -0.25) is 4.79 Å². The van der Waals surface area contributed by atoms with E-state index < -0.39 is 5.97 Å². The Bertz CT molecular complexity index is 783. The molecule has 1 aliphatic carbocycles. The first-order chi connectivity index (χ1) is 14.7. The first-order valence-electron chi connectivity index (χ1n) is 10.5. The van der Waals surface area contributed by atoms with Crippen LogP contribution in [0, 0.1) is 0 Å². The van der Waals surface area contributed by atoms with Crippen molar-refractivity contribution in [3.8, 4) is 11.5 Å². The Morgan fingerprint density at radius 2 is 1.43 bits per heavy atom. The summed E-state index contributed by atoms with van der Waals surface area (Å²) in [5.41, 5.74) is 1.09. The third kappa shape index (κ3) is 7.78. The van der Waals surface area contributed by atoms with Crippen molar-refractivity contribution in [1.82, 2.24) is 5.32 Å². The molecule has 30 heavy (non-hydrogen) atoms. The van der Waals surface area contributed by atoms with Crippen molar-refractivity contribution in [2.45, 2.75) is 51.2 Å². The van der Waals surface area contributed by atoms with Gasteiger partial charge in [0.25, 0.3) is 5.91 Å². The first kappa shape index (κ1) is 21.7. The molecule has 2 aromatic carbocycles. The molecule has 1 saturated carbocycles. The Labute approximate surface area is 177 Å². The number of carbonyl (C=O) groups is 2. The second kappa shape index (κ2) is 11.9. The molecule has 1 fully saturated rings. The molecule has 0 spiro atoms. The molecule has 6 heteroatoms. The number of nitrogens with one attached hydrogen (secondary N) is 1. The van der Waals surface area contributed by atoms with Crippen LogP contribution < -0.4 is 14.8 Å². The Kier molecular flexibility index (Phi) is 8.57. The number of rotatable bonds is 9. The summed E-state index contributed by atoms with van der Waals surface area (Å²) in [6, 6.07) is 17.1. The van der Waals surface area contributed by atoms with Crippen LogP contribution in [0.15, 0.2) is 54.6 Å². The standard InChI is InChI=1S/C24H29NO5/c26-23(25-20-10-6-1-2-7-11-20)17-30-24(27)18-29-22-14-12-21(13-15-22)28-16-19-8-4-3-5-9-19/h3-5,8-9,12-15,20H,1-2,6-7,10-11,16-18H2,(H,25,26). The van der Waals surface area contributed by atoms with Gasteiger partial charge < -0.3 is 19.5 Å². The predicted octanol–water partition coefficient (Wildman–Crippen LogP) is 4.03. The fraction of sp³-hybridized carbons (Fsp3) is 0.417. The maximum atomic E-state index is 12.0. The minimum Gasteiger partial charge on any atom is -0.489 e. The molecule has 1 aliphatic rings. The molecule has 0 atom stereocenters. The van der Waals surface area contributed by atoms with E-state index in [4.69, 9.17) is 14.2 Å². The van der Waals surface area contributed by atoms with Gasteiger partial charge in [-0.15, -0.1) is 0 Å². The highest BCUT2D eigenvalue weighted by atomic mass is 16.6. The van der Waals surface area contributed by atoms with Gasteiger partial charge in [-0.1, -0.05) is 56.0 Å². The lowest BCUT2D eigenvalue weighted by Gasteiger charge is -2.16. The molecular formula is C24H29NO5. The first-order valence-corrected chi connectivity index (χ1v) is 10.5. The van der Waals surface area contributed by atoms with Crippen LogP contribution in [-0.4, -0.2) is 31.1 Å². The largest absolute Gasteiger partial charge is 0.489 e. The Hall–Kier alpha value is -3.02. The smallest absolute Gasteiger partial charge is 0.344 e. The van der Waals surface area contributed by atoms with Crippen molar-refractivity contribution >= 4 is 11.9 Å². The number of benzene rings is 2.